The average molecular weight is 222 g/mol. The van der Waals surface area contributed by atoms with Crippen LogP contribution in [0.15, 0.2) is 61.2 Å². The van der Waals surface area contributed by atoms with E-state index < -0.39 is 0 Å². The topological polar surface area (TPSA) is 0 Å². The van der Waals surface area contributed by atoms with Gasteiger partial charge in [0.25, 0.3) is 0 Å². The van der Waals surface area contributed by atoms with E-state index in [1.807, 2.05) is 6.08 Å². The van der Waals surface area contributed by atoms with Crippen molar-refractivity contribution in [2.75, 3.05) is 0 Å². The molecule has 2 aromatic rings. The molecule has 0 unspecified atom stereocenters. The zero-order valence-corrected chi connectivity index (χ0v) is 10.2. The van der Waals surface area contributed by atoms with Crippen LogP contribution in [-0.2, 0) is 6.04 Å². The van der Waals surface area contributed by atoms with Crippen LogP contribution in [0.1, 0.15) is 11.1 Å². The second kappa shape index (κ2) is 5.47. The summed E-state index contributed by atoms with van der Waals surface area (Å²) in [5.41, 5.74) is 2.60. The molecule has 16 heavy (non-hydrogen) atoms. The first kappa shape index (κ1) is 10.9. The smallest absolute Gasteiger partial charge is 0.0855 e. The van der Waals surface area contributed by atoms with E-state index in [1.165, 1.54) is 16.3 Å². The Labute approximate surface area is 99.5 Å². The molecule has 78 valence electrons. The van der Waals surface area contributed by atoms with Crippen LogP contribution in [0.4, 0.5) is 0 Å². The maximum atomic E-state index is 3.76. The van der Waals surface area contributed by atoms with E-state index in [2.05, 4.69) is 61.2 Å². The Hall–Kier alpha value is -1.60. The molecule has 0 atom stereocenters. The highest BCUT2D eigenvalue weighted by Gasteiger charge is 1.96. The second-order valence-corrected chi connectivity index (χ2v) is 4.95. The summed E-state index contributed by atoms with van der Waals surface area (Å²) in [6.45, 7) is 3.76. The largest absolute Gasteiger partial charge is 0.0985 e. The van der Waals surface area contributed by atoms with E-state index in [1.54, 1.807) is 0 Å². The van der Waals surface area contributed by atoms with E-state index in [0.29, 0.717) is 0 Å². The van der Waals surface area contributed by atoms with Gasteiger partial charge in [0.1, 0.15) is 0 Å². The Morgan fingerprint density at radius 2 is 1.62 bits per heavy atom. The molecule has 0 saturated carbocycles. The molecule has 2 aromatic carbocycles. The molecular weight excluding hydrogens is 208 g/mol. The molecule has 0 aliphatic carbocycles. The molecule has 0 aliphatic rings. The van der Waals surface area contributed by atoms with Crippen LogP contribution in [0.3, 0.4) is 0 Å². The molecule has 0 saturated heterocycles. The fourth-order valence-corrected chi connectivity index (χ4v) is 2.58. The summed E-state index contributed by atoms with van der Waals surface area (Å²) in [7, 11) is 0.845. The van der Waals surface area contributed by atoms with Gasteiger partial charge in [0, 0.05) is 0 Å². The van der Waals surface area contributed by atoms with Gasteiger partial charge in [-0.2, -0.15) is 0 Å². The third-order valence-electron chi connectivity index (χ3n) is 2.49. The van der Waals surface area contributed by atoms with Crippen molar-refractivity contribution >= 4 is 20.8 Å². The lowest BCUT2D eigenvalue weighted by molar-refractivity contribution is 1.39. The minimum Gasteiger partial charge on any atom is -0.0985 e. The zero-order valence-electron chi connectivity index (χ0n) is 9.19. The SMILES string of the molecule is C=Cc1ccc([Si]Cc2ccccc2)cc1. The Morgan fingerprint density at radius 3 is 2.25 bits per heavy atom. The molecular formula is C15H14Si. The number of rotatable bonds is 4. The predicted octanol–water partition coefficient (Wildman–Crippen LogP) is 2.86. The summed E-state index contributed by atoms with van der Waals surface area (Å²) in [4.78, 5) is 0. The molecule has 2 rings (SSSR count). The van der Waals surface area contributed by atoms with Gasteiger partial charge in [-0.1, -0.05) is 78.0 Å². The van der Waals surface area contributed by atoms with Crippen LogP contribution in [0.5, 0.6) is 0 Å². The van der Waals surface area contributed by atoms with Crippen LogP contribution < -0.4 is 5.19 Å². The molecule has 0 heterocycles. The van der Waals surface area contributed by atoms with E-state index in [-0.39, 0.29) is 0 Å². The minimum absolute atomic E-state index is 0.845. The van der Waals surface area contributed by atoms with Gasteiger partial charge in [-0.05, 0) is 11.6 Å². The van der Waals surface area contributed by atoms with Crippen molar-refractivity contribution in [1.82, 2.24) is 0 Å². The van der Waals surface area contributed by atoms with Crippen molar-refractivity contribution in [3.8, 4) is 0 Å². The normalized spacial score (nSPS) is 10.0. The second-order valence-electron chi connectivity index (χ2n) is 3.67. The van der Waals surface area contributed by atoms with Crippen molar-refractivity contribution in [3.05, 3.63) is 72.3 Å². The predicted molar refractivity (Wildman–Crippen MR) is 72.1 cm³/mol. The van der Waals surface area contributed by atoms with E-state index in [4.69, 9.17) is 0 Å². The Morgan fingerprint density at radius 1 is 0.938 bits per heavy atom. The third-order valence-corrected chi connectivity index (χ3v) is 3.81. The lowest BCUT2D eigenvalue weighted by atomic mass is 10.2. The molecule has 0 bridgehead atoms. The van der Waals surface area contributed by atoms with Crippen molar-refractivity contribution in [2.24, 2.45) is 0 Å². The van der Waals surface area contributed by atoms with Gasteiger partial charge in [-0.25, -0.2) is 0 Å². The van der Waals surface area contributed by atoms with Crippen LogP contribution in [0, 0.1) is 0 Å². The molecule has 1 heteroatoms. The van der Waals surface area contributed by atoms with Crippen LogP contribution in [0.2, 0.25) is 0 Å². The van der Waals surface area contributed by atoms with Gasteiger partial charge < -0.3 is 0 Å². The van der Waals surface area contributed by atoms with Gasteiger partial charge in [0.05, 0.1) is 9.52 Å². The van der Waals surface area contributed by atoms with Crippen molar-refractivity contribution in [1.29, 1.82) is 0 Å². The van der Waals surface area contributed by atoms with Crippen molar-refractivity contribution in [3.63, 3.8) is 0 Å². The standard InChI is InChI=1S/C15H14Si/c1-2-13-8-10-15(11-9-13)16-12-14-6-4-3-5-7-14/h2-11H,1,12H2. The first-order valence-corrected chi connectivity index (χ1v) is 6.59. The Bertz CT molecular complexity index is 443. The lowest BCUT2D eigenvalue weighted by Gasteiger charge is -2.01. The van der Waals surface area contributed by atoms with Crippen molar-refractivity contribution < 1.29 is 0 Å². The fraction of sp³-hybridized carbons (Fsp3) is 0.0667. The quantitative estimate of drug-likeness (QED) is 0.698. The molecule has 0 nitrogen and oxygen atoms in total. The van der Waals surface area contributed by atoms with Gasteiger partial charge in [-0.3, -0.25) is 0 Å². The van der Waals surface area contributed by atoms with Gasteiger partial charge >= 0.3 is 0 Å². The van der Waals surface area contributed by atoms with Crippen molar-refractivity contribution in [2.45, 2.75) is 6.04 Å². The summed E-state index contributed by atoms with van der Waals surface area (Å²) in [6, 6.07) is 20.4. The first-order valence-electron chi connectivity index (χ1n) is 5.39. The first-order chi connectivity index (χ1) is 7.88. The van der Waals surface area contributed by atoms with Crippen LogP contribution in [-0.4, -0.2) is 9.52 Å². The maximum absolute atomic E-state index is 3.76. The molecule has 0 N–H and O–H groups in total. The summed E-state index contributed by atoms with van der Waals surface area (Å²) in [5, 5.41) is 1.41. The minimum atomic E-state index is 0.845. The monoisotopic (exact) mass is 222 g/mol. The fourth-order valence-electron chi connectivity index (χ4n) is 1.54. The Balaban J connectivity index is 1.97. The van der Waals surface area contributed by atoms with Gasteiger partial charge in [0.2, 0.25) is 0 Å². The molecule has 0 aromatic heterocycles. The molecule has 0 spiro atoms. The summed E-state index contributed by atoms with van der Waals surface area (Å²) < 4.78 is 0. The number of benzene rings is 2. The summed E-state index contributed by atoms with van der Waals surface area (Å²) in [6.07, 6.45) is 1.88. The van der Waals surface area contributed by atoms with Gasteiger partial charge in [0.15, 0.2) is 0 Å². The third kappa shape index (κ3) is 2.94. The maximum Gasteiger partial charge on any atom is 0.0855 e. The lowest BCUT2D eigenvalue weighted by Crippen LogP contribution is -2.16. The summed E-state index contributed by atoms with van der Waals surface area (Å²) >= 11 is 0. The Kier molecular flexibility index (Phi) is 3.73. The highest BCUT2D eigenvalue weighted by molar-refractivity contribution is 6.52. The average Bonchev–Trinajstić information content (AvgIpc) is 2.38. The zero-order chi connectivity index (χ0) is 11.2. The highest BCUT2D eigenvalue weighted by Crippen LogP contribution is 2.00. The number of hydrogen-bond donors (Lipinski definition) is 0. The molecule has 0 amide bonds. The van der Waals surface area contributed by atoms with Gasteiger partial charge in [-0.15, -0.1) is 0 Å². The molecule has 0 aliphatic heterocycles. The summed E-state index contributed by atoms with van der Waals surface area (Å²) in [5.74, 6) is 0. The molecule has 2 radical (unpaired) electrons. The number of hydrogen-bond acceptors (Lipinski definition) is 0. The van der Waals surface area contributed by atoms with Crippen LogP contribution >= 0.6 is 0 Å². The highest BCUT2D eigenvalue weighted by atomic mass is 28.2. The van der Waals surface area contributed by atoms with Crippen LogP contribution in [0.25, 0.3) is 6.08 Å². The molecule has 0 fully saturated rings. The van der Waals surface area contributed by atoms with E-state index in [0.717, 1.165) is 15.6 Å². The van der Waals surface area contributed by atoms with E-state index in [9.17, 15) is 0 Å². The van der Waals surface area contributed by atoms with E-state index >= 15 is 0 Å².